The van der Waals surface area contributed by atoms with E-state index in [2.05, 4.69) is 33.8 Å². The van der Waals surface area contributed by atoms with Gasteiger partial charge in [0.2, 0.25) is 11.8 Å². The van der Waals surface area contributed by atoms with Crippen LogP contribution in [0.1, 0.15) is 31.4 Å². The van der Waals surface area contributed by atoms with Crippen molar-refractivity contribution in [1.29, 1.82) is 0 Å². The van der Waals surface area contributed by atoms with Crippen molar-refractivity contribution in [3.05, 3.63) is 71.9 Å². The number of benzene rings is 2. The molecule has 1 heterocycles. The van der Waals surface area contributed by atoms with Crippen LogP contribution in [-0.4, -0.2) is 29.9 Å². The highest BCUT2D eigenvalue weighted by molar-refractivity contribution is 6.04. The summed E-state index contributed by atoms with van der Waals surface area (Å²) in [7, 11) is 0. The number of aryl methyl sites for hydroxylation is 1. The lowest BCUT2D eigenvalue weighted by atomic mass is 9.91. The van der Waals surface area contributed by atoms with Crippen LogP contribution < -0.4 is 10.6 Å². The number of aromatic nitrogens is 1. The number of hydrogen-bond donors (Lipinski definition) is 3. The monoisotopic (exact) mass is 391 g/mol. The van der Waals surface area contributed by atoms with Gasteiger partial charge in [-0.05, 0) is 50.3 Å². The summed E-state index contributed by atoms with van der Waals surface area (Å²) >= 11 is 0. The second kappa shape index (κ2) is 9.41. The van der Waals surface area contributed by atoms with Crippen molar-refractivity contribution >= 4 is 22.7 Å². The standard InChI is InChI=1S/C24H29N3O2/c1-24(2,22(28)25-15-8-11-18-9-4-3-5-10-18)23(29)26-16-14-19-17-27-21-13-7-6-12-20(19)21/h3-7,9-10,12-13,17,27H,8,11,14-16H2,1-2H3,(H,25,28)(H,26,29). The Labute approximate surface area is 171 Å². The quantitative estimate of drug-likeness (QED) is 0.385. The fourth-order valence-electron chi connectivity index (χ4n) is 3.33. The third kappa shape index (κ3) is 5.25. The molecule has 0 saturated carbocycles. The summed E-state index contributed by atoms with van der Waals surface area (Å²) in [4.78, 5) is 28.3. The molecule has 0 atom stereocenters. The summed E-state index contributed by atoms with van der Waals surface area (Å²) < 4.78 is 0. The highest BCUT2D eigenvalue weighted by Crippen LogP contribution is 2.19. The molecule has 152 valence electrons. The van der Waals surface area contributed by atoms with Gasteiger partial charge in [0.1, 0.15) is 5.41 Å². The molecule has 0 unspecified atom stereocenters. The first-order valence-electron chi connectivity index (χ1n) is 10.1. The molecule has 0 spiro atoms. The summed E-state index contributed by atoms with van der Waals surface area (Å²) in [6.07, 6.45) is 4.43. The molecule has 3 aromatic rings. The Kier molecular flexibility index (Phi) is 6.70. The van der Waals surface area contributed by atoms with Crippen molar-refractivity contribution in [2.75, 3.05) is 13.1 Å². The molecule has 0 aliphatic heterocycles. The van der Waals surface area contributed by atoms with Crippen LogP contribution in [-0.2, 0) is 22.4 Å². The minimum absolute atomic E-state index is 0.241. The maximum absolute atomic E-state index is 12.6. The number of carbonyl (C=O) groups is 2. The van der Waals surface area contributed by atoms with Gasteiger partial charge >= 0.3 is 0 Å². The summed E-state index contributed by atoms with van der Waals surface area (Å²) in [6, 6.07) is 18.3. The van der Waals surface area contributed by atoms with Crippen molar-refractivity contribution in [2.45, 2.75) is 33.1 Å². The van der Waals surface area contributed by atoms with Crippen molar-refractivity contribution in [1.82, 2.24) is 15.6 Å². The average Bonchev–Trinajstić information content (AvgIpc) is 3.15. The molecule has 5 heteroatoms. The number of carbonyl (C=O) groups excluding carboxylic acids is 2. The normalized spacial score (nSPS) is 11.4. The number of para-hydroxylation sites is 1. The maximum atomic E-state index is 12.6. The third-order valence-electron chi connectivity index (χ3n) is 5.26. The van der Waals surface area contributed by atoms with Crippen LogP contribution in [0, 0.1) is 5.41 Å². The van der Waals surface area contributed by atoms with Crippen molar-refractivity contribution < 1.29 is 9.59 Å². The van der Waals surface area contributed by atoms with Gasteiger partial charge in [0, 0.05) is 30.2 Å². The van der Waals surface area contributed by atoms with Crippen molar-refractivity contribution in [3.8, 4) is 0 Å². The predicted molar refractivity (Wildman–Crippen MR) is 117 cm³/mol. The zero-order chi connectivity index (χ0) is 20.7. The van der Waals surface area contributed by atoms with E-state index in [0.29, 0.717) is 19.5 Å². The first kappa shape index (κ1) is 20.6. The van der Waals surface area contributed by atoms with E-state index in [-0.39, 0.29) is 11.8 Å². The second-order valence-corrected chi connectivity index (χ2v) is 7.84. The van der Waals surface area contributed by atoms with Gasteiger partial charge in [0.05, 0.1) is 0 Å². The molecular formula is C24H29N3O2. The van der Waals surface area contributed by atoms with Crippen molar-refractivity contribution in [2.24, 2.45) is 5.41 Å². The van der Waals surface area contributed by atoms with E-state index in [1.807, 2.05) is 42.6 Å². The lowest BCUT2D eigenvalue weighted by Crippen LogP contribution is -2.48. The lowest BCUT2D eigenvalue weighted by Gasteiger charge is -2.22. The fraction of sp³-hybridized carbons (Fsp3) is 0.333. The minimum atomic E-state index is -1.10. The van der Waals surface area contributed by atoms with E-state index < -0.39 is 5.41 Å². The molecule has 1 aromatic heterocycles. The molecule has 0 aliphatic carbocycles. The van der Waals surface area contributed by atoms with E-state index in [1.54, 1.807) is 13.8 Å². The Hall–Kier alpha value is -3.08. The highest BCUT2D eigenvalue weighted by atomic mass is 16.2. The molecule has 29 heavy (non-hydrogen) atoms. The van der Waals surface area contributed by atoms with Crippen LogP contribution in [0.5, 0.6) is 0 Å². The topological polar surface area (TPSA) is 74.0 Å². The Morgan fingerprint density at radius 1 is 0.862 bits per heavy atom. The number of rotatable bonds is 9. The minimum Gasteiger partial charge on any atom is -0.361 e. The third-order valence-corrected chi connectivity index (χ3v) is 5.26. The number of nitrogens with one attached hydrogen (secondary N) is 3. The number of hydrogen-bond acceptors (Lipinski definition) is 2. The smallest absolute Gasteiger partial charge is 0.235 e. The molecule has 2 aromatic carbocycles. The fourth-order valence-corrected chi connectivity index (χ4v) is 3.33. The Morgan fingerprint density at radius 3 is 2.28 bits per heavy atom. The zero-order valence-corrected chi connectivity index (χ0v) is 17.1. The maximum Gasteiger partial charge on any atom is 0.235 e. The molecule has 5 nitrogen and oxygen atoms in total. The average molecular weight is 392 g/mol. The van der Waals surface area contributed by atoms with Crippen LogP contribution in [0.3, 0.4) is 0 Å². The summed E-state index contributed by atoms with van der Waals surface area (Å²) in [5.74, 6) is -0.493. The largest absolute Gasteiger partial charge is 0.361 e. The zero-order valence-electron chi connectivity index (χ0n) is 17.1. The van der Waals surface area contributed by atoms with E-state index >= 15 is 0 Å². The molecular weight excluding hydrogens is 362 g/mol. The first-order valence-corrected chi connectivity index (χ1v) is 10.1. The van der Waals surface area contributed by atoms with Crippen LogP contribution >= 0.6 is 0 Å². The van der Waals surface area contributed by atoms with Crippen molar-refractivity contribution in [3.63, 3.8) is 0 Å². The first-order chi connectivity index (χ1) is 14.0. The Bertz CT molecular complexity index is 960. The van der Waals surface area contributed by atoms with Gasteiger partial charge in [-0.25, -0.2) is 0 Å². The van der Waals surface area contributed by atoms with E-state index in [9.17, 15) is 9.59 Å². The van der Waals surface area contributed by atoms with Gasteiger partial charge in [0.25, 0.3) is 0 Å². The molecule has 0 radical (unpaired) electrons. The molecule has 0 bridgehead atoms. The van der Waals surface area contributed by atoms with E-state index in [0.717, 1.165) is 29.3 Å². The molecule has 0 aliphatic rings. The number of aromatic amines is 1. The summed E-state index contributed by atoms with van der Waals surface area (Å²) in [6.45, 7) is 4.38. The molecule has 0 fully saturated rings. The molecule has 3 rings (SSSR count). The SMILES string of the molecule is CC(C)(C(=O)NCCCc1ccccc1)C(=O)NCCc1c[nH]c2ccccc12. The predicted octanol–water partition coefficient (Wildman–Crippen LogP) is 3.60. The molecule has 2 amide bonds. The van der Waals surface area contributed by atoms with Gasteiger partial charge in [-0.2, -0.15) is 0 Å². The number of H-pyrrole nitrogens is 1. The van der Waals surface area contributed by atoms with Gasteiger partial charge in [0.15, 0.2) is 0 Å². The Balaban J connectivity index is 1.42. The van der Waals surface area contributed by atoms with E-state index in [4.69, 9.17) is 0 Å². The number of fused-ring (bicyclic) bond motifs is 1. The van der Waals surface area contributed by atoms with Crippen LogP contribution in [0.15, 0.2) is 60.8 Å². The second-order valence-electron chi connectivity index (χ2n) is 7.84. The van der Waals surface area contributed by atoms with Crippen LogP contribution in [0.2, 0.25) is 0 Å². The highest BCUT2D eigenvalue weighted by Gasteiger charge is 2.35. The number of amides is 2. The molecule has 3 N–H and O–H groups in total. The van der Waals surface area contributed by atoms with Crippen LogP contribution in [0.4, 0.5) is 0 Å². The van der Waals surface area contributed by atoms with Crippen LogP contribution in [0.25, 0.3) is 10.9 Å². The van der Waals surface area contributed by atoms with Gasteiger partial charge in [-0.3, -0.25) is 9.59 Å². The summed E-state index contributed by atoms with van der Waals surface area (Å²) in [5.41, 5.74) is 2.39. The lowest BCUT2D eigenvalue weighted by molar-refractivity contribution is -0.141. The molecule has 0 saturated heterocycles. The van der Waals surface area contributed by atoms with Gasteiger partial charge in [-0.1, -0.05) is 48.5 Å². The van der Waals surface area contributed by atoms with Gasteiger partial charge in [-0.15, -0.1) is 0 Å². The summed E-state index contributed by atoms with van der Waals surface area (Å²) in [5, 5.41) is 6.97. The van der Waals surface area contributed by atoms with E-state index in [1.165, 1.54) is 5.56 Å². The van der Waals surface area contributed by atoms with Gasteiger partial charge < -0.3 is 15.6 Å². The Morgan fingerprint density at radius 2 is 1.52 bits per heavy atom.